The summed E-state index contributed by atoms with van der Waals surface area (Å²) in [5.74, 6) is 1.11. The van der Waals surface area contributed by atoms with E-state index in [4.69, 9.17) is 23.8 Å². The Bertz CT molecular complexity index is 4060. The Morgan fingerprint density at radius 1 is 0.537 bits per heavy atom. The molecule has 4 aromatic heterocycles. The van der Waals surface area contributed by atoms with Crippen LogP contribution in [0.25, 0.3) is 66.2 Å². The quantitative estimate of drug-likeness (QED) is 0.106. The number of hydrogen-bond acceptors (Lipinski definition) is 12. The van der Waals surface area contributed by atoms with E-state index >= 15 is 0 Å². The first-order valence-corrected chi connectivity index (χ1v) is 29.2. The van der Waals surface area contributed by atoms with Crippen molar-refractivity contribution in [2.24, 2.45) is 11.8 Å². The molecule has 10 aromatic rings. The summed E-state index contributed by atoms with van der Waals surface area (Å²) in [6, 6.07) is 42.3. The Morgan fingerprint density at radius 3 is 1.54 bits per heavy atom. The summed E-state index contributed by atoms with van der Waals surface area (Å²) < 4.78 is 26.7. The number of hydrogen-bond donors (Lipinski definition) is 0. The number of anilines is 2. The van der Waals surface area contributed by atoms with E-state index < -0.39 is 18.3 Å². The van der Waals surface area contributed by atoms with Gasteiger partial charge in [-0.2, -0.15) is 10.2 Å². The number of ether oxygens (including phenoxy) is 2. The van der Waals surface area contributed by atoms with Crippen LogP contribution in [-0.2, 0) is 18.8 Å². The van der Waals surface area contributed by atoms with Crippen LogP contribution in [0.4, 0.5) is 11.4 Å². The molecule has 0 amide bonds. The summed E-state index contributed by atoms with van der Waals surface area (Å²) in [5, 5.41) is 12.5. The molecular weight excluding hydrogens is 1090 g/mol. The van der Waals surface area contributed by atoms with Gasteiger partial charge in [0.15, 0.2) is 11.3 Å². The maximum atomic E-state index is 12.3. The summed E-state index contributed by atoms with van der Waals surface area (Å²) in [4.78, 5) is 38.7. The minimum Gasteiger partial charge on any atom is -0.465 e. The molecule has 4 bridgehead atoms. The van der Waals surface area contributed by atoms with Crippen LogP contribution in [-0.4, -0.2) is 98.8 Å². The fraction of sp³-hybridized carbons (Fsp3) is 0.303. The van der Waals surface area contributed by atoms with Gasteiger partial charge in [0.05, 0.1) is 53.4 Å². The fourth-order valence-electron chi connectivity index (χ4n) is 13.0. The summed E-state index contributed by atoms with van der Waals surface area (Å²) in [6.07, 6.45) is 19.7. The Balaban J connectivity index is 0.000000120. The normalized spacial score (nSPS) is 20.1. The average molecular weight is 1160 g/mol. The summed E-state index contributed by atoms with van der Waals surface area (Å²) in [6.45, 7) is 10.5. The van der Waals surface area contributed by atoms with E-state index in [2.05, 4.69) is 89.4 Å². The number of aromatic nitrogens is 6. The van der Waals surface area contributed by atoms with E-state index in [9.17, 15) is 9.59 Å². The van der Waals surface area contributed by atoms with Gasteiger partial charge in [0.2, 0.25) is 0 Å². The van der Waals surface area contributed by atoms with E-state index in [1.165, 1.54) is 82.8 Å². The molecule has 2 saturated carbocycles. The first-order valence-electron chi connectivity index (χ1n) is 28.4. The number of halogens is 1. The Labute approximate surface area is 485 Å². The van der Waals surface area contributed by atoms with Crippen molar-refractivity contribution in [3.8, 4) is 33.4 Å². The Hall–Kier alpha value is -7.92. The predicted molar refractivity (Wildman–Crippen MR) is 327 cm³/mol. The molecule has 414 valence electrons. The number of esters is 2. The van der Waals surface area contributed by atoms with E-state index in [-0.39, 0.29) is 11.9 Å². The highest BCUT2D eigenvalue weighted by Gasteiger charge is 2.52. The Kier molecular flexibility index (Phi) is 14.0. The monoisotopic (exact) mass is 1150 g/mol. The molecule has 7 heterocycles. The lowest BCUT2D eigenvalue weighted by Gasteiger charge is -2.32. The summed E-state index contributed by atoms with van der Waals surface area (Å²) in [5.41, 5.74) is 11.8. The molecule has 0 N–H and O–H groups in total. The minimum absolute atomic E-state index is 0.344. The number of carbonyl (C=O) groups excluding carboxylic acids is 2. The maximum absolute atomic E-state index is 12.3. The van der Waals surface area contributed by atoms with Crippen molar-refractivity contribution < 1.29 is 28.4 Å². The van der Waals surface area contributed by atoms with E-state index in [1.807, 2.05) is 128 Å². The van der Waals surface area contributed by atoms with Gasteiger partial charge in [0.1, 0.15) is 0 Å². The SMILES string of the molecule is Brc1cnn2cc(-c3ccc(N4C[C@H]5CC[C@@H]4C5)cc3)cnc12.COC(=O)c1cccc2c(-c3cnn4cc(-c5ccc(N6C[C@H]7CC[C@@H]6C7)cc5)cnc34)cccc12.COC(=O)c1cccc2c(B3OC(C)(C)C(C)(C)O3)cccc12. The molecular formula is C66H64BBrN8O6. The second-order valence-corrected chi connectivity index (χ2v) is 24.2. The van der Waals surface area contributed by atoms with Crippen LogP contribution in [0.1, 0.15) is 86.9 Å². The first kappa shape index (κ1) is 53.4. The number of fused-ring (bicyclic) bond motifs is 8. The molecule has 3 saturated heterocycles. The molecule has 0 radical (unpaired) electrons. The van der Waals surface area contributed by atoms with Gasteiger partial charge in [0, 0.05) is 78.0 Å². The van der Waals surface area contributed by atoms with Crippen molar-refractivity contribution >= 4 is 84.7 Å². The van der Waals surface area contributed by atoms with Gasteiger partial charge in [-0.1, -0.05) is 84.9 Å². The zero-order valence-corrected chi connectivity index (χ0v) is 48.5. The number of rotatable bonds is 8. The molecule has 3 aliphatic heterocycles. The number of piperidine rings is 2. The molecule has 4 atom stereocenters. The van der Waals surface area contributed by atoms with Crippen LogP contribution in [0, 0.1) is 11.8 Å². The van der Waals surface area contributed by atoms with E-state index in [0.717, 1.165) is 94.5 Å². The van der Waals surface area contributed by atoms with Crippen molar-refractivity contribution in [2.75, 3.05) is 37.1 Å². The minimum atomic E-state index is -0.461. The number of benzene rings is 6. The first-order chi connectivity index (χ1) is 39.7. The van der Waals surface area contributed by atoms with Gasteiger partial charge >= 0.3 is 19.1 Å². The third-order valence-electron chi connectivity index (χ3n) is 18.0. The molecule has 6 aromatic carbocycles. The highest BCUT2D eigenvalue weighted by molar-refractivity contribution is 9.10. The molecule has 0 spiro atoms. The molecule has 5 aliphatic rings. The molecule has 16 heteroatoms. The number of nitrogens with zero attached hydrogens (tertiary/aromatic N) is 8. The third kappa shape index (κ3) is 9.77. The van der Waals surface area contributed by atoms with Gasteiger partial charge < -0.3 is 28.6 Å². The lowest BCUT2D eigenvalue weighted by molar-refractivity contribution is 0.00578. The fourth-order valence-corrected chi connectivity index (χ4v) is 13.4. The van der Waals surface area contributed by atoms with Crippen LogP contribution in [0.15, 0.2) is 163 Å². The van der Waals surface area contributed by atoms with Crippen molar-refractivity contribution in [3.05, 3.63) is 174 Å². The second-order valence-electron chi connectivity index (χ2n) is 23.4. The van der Waals surface area contributed by atoms with Gasteiger partial charge in [-0.15, -0.1) is 0 Å². The van der Waals surface area contributed by atoms with E-state index in [1.54, 1.807) is 18.3 Å². The van der Waals surface area contributed by atoms with Crippen molar-refractivity contribution in [3.63, 3.8) is 0 Å². The average Bonchev–Trinajstić information content (AvgIpc) is 4.41. The standard InChI is InChI=1S/C30H26N4O2.C18H21BO4.C18H17BrN4/c1-36-30(35)27-7-3-4-24-25(27)5-2-6-26(24)28-16-32-34-18-21(15-31-29(28)34)20-9-12-22(13-10-20)33-17-19-8-11-23(33)14-19;1-17(2)18(3,4)23-19(22-17)15-11-7-8-12-13(15)9-6-10-14(12)16(20)21-5;19-17-9-21-23-11-14(8-20-18(17)23)13-2-5-15(6-3-13)22-10-12-1-4-16(22)7-12/h2-7,9-10,12-13,15-16,18-19,23H,8,11,14,17H2,1H3;6-11H,1-5H3;2-3,5-6,8-9,11-12,16H,1,4,7,10H2/t19-,23+;;12-,16+/m0.0/s1. The summed E-state index contributed by atoms with van der Waals surface area (Å²) >= 11 is 3.46. The highest BCUT2D eigenvalue weighted by Crippen LogP contribution is 2.43. The van der Waals surface area contributed by atoms with Crippen LogP contribution in [0.3, 0.4) is 0 Å². The van der Waals surface area contributed by atoms with Gasteiger partial charge in [0.25, 0.3) is 0 Å². The lowest BCUT2D eigenvalue weighted by atomic mass is 9.75. The van der Waals surface area contributed by atoms with Gasteiger partial charge in [-0.25, -0.2) is 28.6 Å². The molecule has 2 aliphatic carbocycles. The zero-order chi connectivity index (χ0) is 56.4. The highest BCUT2D eigenvalue weighted by atomic mass is 79.9. The van der Waals surface area contributed by atoms with Crippen LogP contribution >= 0.6 is 15.9 Å². The van der Waals surface area contributed by atoms with Crippen LogP contribution < -0.4 is 15.3 Å². The molecule has 15 rings (SSSR count). The van der Waals surface area contributed by atoms with Crippen molar-refractivity contribution in [1.82, 2.24) is 29.2 Å². The smallest absolute Gasteiger partial charge is 0.465 e. The van der Waals surface area contributed by atoms with Crippen LogP contribution in [0.5, 0.6) is 0 Å². The van der Waals surface area contributed by atoms with Crippen LogP contribution in [0.2, 0.25) is 0 Å². The van der Waals surface area contributed by atoms with Crippen molar-refractivity contribution in [1.29, 1.82) is 0 Å². The third-order valence-corrected chi connectivity index (χ3v) is 18.6. The number of carbonyl (C=O) groups is 2. The van der Waals surface area contributed by atoms with Gasteiger partial charge in [-0.3, -0.25) is 0 Å². The molecule has 82 heavy (non-hydrogen) atoms. The van der Waals surface area contributed by atoms with E-state index in [0.29, 0.717) is 11.1 Å². The molecule has 5 fully saturated rings. The zero-order valence-electron chi connectivity index (χ0n) is 47.0. The van der Waals surface area contributed by atoms with Crippen molar-refractivity contribution in [2.45, 2.75) is 89.5 Å². The number of methoxy groups -OCH3 is 2. The predicted octanol–water partition coefficient (Wildman–Crippen LogP) is 13.1. The Morgan fingerprint density at radius 2 is 1.01 bits per heavy atom. The maximum Gasteiger partial charge on any atom is 0.495 e. The second kappa shape index (κ2) is 21.4. The largest absolute Gasteiger partial charge is 0.495 e. The van der Waals surface area contributed by atoms with Gasteiger partial charge in [-0.05, 0) is 174 Å². The summed E-state index contributed by atoms with van der Waals surface area (Å²) in [7, 11) is 2.33. The molecule has 14 nitrogen and oxygen atoms in total. The molecule has 0 unspecified atom stereocenters. The topological polar surface area (TPSA) is 138 Å². The lowest BCUT2D eigenvalue weighted by Crippen LogP contribution is -2.41.